The number of carbonyl (C=O) groups excluding carboxylic acids is 2. The maximum Gasteiger partial charge on any atom is 0.251 e. The van der Waals surface area contributed by atoms with Crippen molar-refractivity contribution in [1.82, 2.24) is 10.2 Å². The molecular weight excluding hydrogens is 434 g/mol. The van der Waals surface area contributed by atoms with E-state index in [1.54, 1.807) is 12.1 Å². The summed E-state index contributed by atoms with van der Waals surface area (Å²) in [6, 6.07) is 13.5. The Morgan fingerprint density at radius 3 is 2.12 bits per heavy atom. The van der Waals surface area contributed by atoms with Crippen LogP contribution in [0.2, 0.25) is 0 Å². The van der Waals surface area contributed by atoms with Crippen molar-refractivity contribution in [2.45, 2.75) is 50.2 Å². The molecule has 0 aliphatic carbocycles. The first-order valence-corrected chi connectivity index (χ1v) is 11.7. The van der Waals surface area contributed by atoms with Crippen LogP contribution < -0.4 is 24.8 Å². The molecule has 2 aromatic carbocycles. The van der Waals surface area contributed by atoms with Crippen molar-refractivity contribution in [2.75, 3.05) is 33.2 Å². The van der Waals surface area contributed by atoms with Crippen LogP contribution in [0.15, 0.2) is 42.5 Å². The minimum atomic E-state index is -0.169. The van der Waals surface area contributed by atoms with Gasteiger partial charge in [0.2, 0.25) is 11.7 Å². The van der Waals surface area contributed by atoms with Gasteiger partial charge in [-0.2, -0.15) is 0 Å². The van der Waals surface area contributed by atoms with Gasteiger partial charge in [-0.3, -0.25) is 14.5 Å². The van der Waals surface area contributed by atoms with E-state index in [2.05, 4.69) is 15.5 Å². The number of ether oxygens (including phenoxy) is 3. The second-order valence-electron chi connectivity index (χ2n) is 8.88. The second kappa shape index (κ2) is 10.8. The van der Waals surface area contributed by atoms with Crippen LogP contribution >= 0.6 is 0 Å². The molecule has 2 bridgehead atoms. The van der Waals surface area contributed by atoms with Crippen LogP contribution in [-0.2, 0) is 4.79 Å². The van der Waals surface area contributed by atoms with E-state index in [1.165, 1.54) is 21.3 Å². The largest absolute Gasteiger partial charge is 0.493 e. The van der Waals surface area contributed by atoms with Crippen molar-refractivity contribution < 1.29 is 23.8 Å². The number of rotatable bonds is 8. The number of anilines is 1. The SMILES string of the molecule is COc1cc(C(=O)NC2C[C@H]3CCC[C@@H](C2)N3CC(=O)Nc2ccccc2)cc(OC)c1OC. The van der Waals surface area contributed by atoms with E-state index in [0.29, 0.717) is 29.4 Å². The molecule has 0 aromatic heterocycles. The van der Waals surface area contributed by atoms with E-state index in [9.17, 15) is 9.59 Å². The van der Waals surface area contributed by atoms with Crippen LogP contribution in [0.3, 0.4) is 0 Å². The quantitative estimate of drug-likeness (QED) is 0.618. The van der Waals surface area contributed by atoms with Gasteiger partial charge in [0.1, 0.15) is 0 Å². The van der Waals surface area contributed by atoms with Gasteiger partial charge in [0.05, 0.1) is 27.9 Å². The van der Waals surface area contributed by atoms with Crippen LogP contribution in [0.1, 0.15) is 42.5 Å². The van der Waals surface area contributed by atoms with Gasteiger partial charge in [0.25, 0.3) is 5.91 Å². The molecule has 0 saturated carbocycles. The van der Waals surface area contributed by atoms with Crippen LogP contribution in [0.4, 0.5) is 5.69 Å². The molecule has 2 aliphatic rings. The molecule has 2 amide bonds. The van der Waals surface area contributed by atoms with Crippen molar-refractivity contribution in [3.05, 3.63) is 48.0 Å². The third-order valence-corrected chi connectivity index (χ3v) is 6.77. The highest BCUT2D eigenvalue weighted by molar-refractivity contribution is 5.96. The second-order valence-corrected chi connectivity index (χ2v) is 8.88. The van der Waals surface area contributed by atoms with E-state index in [0.717, 1.165) is 37.8 Å². The molecule has 0 radical (unpaired) electrons. The van der Waals surface area contributed by atoms with Crippen molar-refractivity contribution >= 4 is 17.5 Å². The molecule has 2 fully saturated rings. The number of nitrogens with zero attached hydrogens (tertiary/aromatic N) is 1. The lowest BCUT2D eigenvalue weighted by Gasteiger charge is -2.48. The summed E-state index contributed by atoms with van der Waals surface area (Å²) in [4.78, 5) is 28.1. The number of nitrogens with one attached hydrogen (secondary N) is 2. The van der Waals surface area contributed by atoms with Crippen molar-refractivity contribution in [3.8, 4) is 17.2 Å². The number of hydrogen-bond donors (Lipinski definition) is 2. The zero-order valence-corrected chi connectivity index (χ0v) is 20.0. The van der Waals surface area contributed by atoms with E-state index in [1.807, 2.05) is 30.3 Å². The van der Waals surface area contributed by atoms with Crippen molar-refractivity contribution in [2.24, 2.45) is 0 Å². The molecule has 0 spiro atoms. The topological polar surface area (TPSA) is 89.1 Å². The van der Waals surface area contributed by atoms with E-state index >= 15 is 0 Å². The summed E-state index contributed by atoms with van der Waals surface area (Å²) in [6.07, 6.45) is 4.87. The summed E-state index contributed by atoms with van der Waals surface area (Å²) in [5, 5.41) is 6.19. The molecule has 2 N–H and O–H groups in total. The van der Waals surface area contributed by atoms with E-state index in [-0.39, 0.29) is 29.9 Å². The summed E-state index contributed by atoms with van der Waals surface area (Å²) in [6.45, 7) is 0.373. The average Bonchev–Trinajstić information content (AvgIpc) is 2.84. The number of methoxy groups -OCH3 is 3. The first kappa shape index (κ1) is 23.9. The Morgan fingerprint density at radius 2 is 1.56 bits per heavy atom. The first-order chi connectivity index (χ1) is 16.5. The summed E-state index contributed by atoms with van der Waals surface area (Å²) < 4.78 is 16.1. The molecule has 2 heterocycles. The molecule has 2 saturated heterocycles. The third kappa shape index (κ3) is 5.28. The first-order valence-electron chi connectivity index (χ1n) is 11.7. The van der Waals surface area contributed by atoms with Gasteiger partial charge in [-0.1, -0.05) is 24.6 Å². The molecule has 4 rings (SSSR count). The summed E-state index contributed by atoms with van der Waals surface area (Å²) >= 11 is 0. The van der Waals surface area contributed by atoms with Gasteiger partial charge < -0.3 is 24.8 Å². The van der Waals surface area contributed by atoms with Crippen molar-refractivity contribution in [3.63, 3.8) is 0 Å². The molecule has 34 heavy (non-hydrogen) atoms. The Bertz CT molecular complexity index is 974. The zero-order chi connectivity index (χ0) is 24.1. The number of para-hydroxylation sites is 1. The Morgan fingerprint density at radius 1 is 0.941 bits per heavy atom. The predicted octanol–water partition coefficient (Wildman–Crippen LogP) is 3.47. The molecule has 182 valence electrons. The van der Waals surface area contributed by atoms with Gasteiger partial charge in [-0.05, 0) is 49.9 Å². The highest BCUT2D eigenvalue weighted by Gasteiger charge is 2.39. The monoisotopic (exact) mass is 467 g/mol. The fourth-order valence-corrected chi connectivity index (χ4v) is 5.22. The van der Waals surface area contributed by atoms with Gasteiger partial charge in [0, 0.05) is 29.4 Å². The Kier molecular flexibility index (Phi) is 7.57. The maximum atomic E-state index is 13.1. The number of carbonyl (C=O) groups is 2. The number of fused-ring (bicyclic) bond motifs is 2. The van der Waals surface area contributed by atoms with Crippen LogP contribution in [0.25, 0.3) is 0 Å². The number of benzene rings is 2. The molecular formula is C26H33N3O5. The Balaban J connectivity index is 1.40. The summed E-state index contributed by atoms with van der Waals surface area (Å²) in [7, 11) is 4.60. The number of amides is 2. The number of piperidine rings is 2. The predicted molar refractivity (Wildman–Crippen MR) is 130 cm³/mol. The lowest BCUT2D eigenvalue weighted by atomic mass is 9.81. The lowest BCUT2D eigenvalue weighted by molar-refractivity contribution is -0.120. The Hall–Kier alpha value is -3.26. The fraction of sp³-hybridized carbons (Fsp3) is 0.462. The van der Waals surface area contributed by atoms with Gasteiger partial charge in [-0.25, -0.2) is 0 Å². The standard InChI is InChI=1S/C26H33N3O5/c1-32-22-12-17(13-23(33-2)25(22)34-3)26(31)28-19-14-20-10-7-11-21(15-19)29(20)16-24(30)27-18-8-5-4-6-9-18/h4-6,8-9,12-13,19-21H,7,10-11,14-16H2,1-3H3,(H,27,30)(H,28,31)/t19?,20-,21+. The molecule has 2 aromatic rings. The minimum absolute atomic E-state index is 0.00279. The zero-order valence-electron chi connectivity index (χ0n) is 20.0. The van der Waals surface area contributed by atoms with Gasteiger partial charge >= 0.3 is 0 Å². The molecule has 3 atom stereocenters. The molecule has 8 nitrogen and oxygen atoms in total. The summed E-state index contributed by atoms with van der Waals surface area (Å²) in [5.74, 6) is 1.19. The fourth-order valence-electron chi connectivity index (χ4n) is 5.22. The van der Waals surface area contributed by atoms with Crippen LogP contribution in [0.5, 0.6) is 17.2 Å². The van der Waals surface area contributed by atoms with Gasteiger partial charge in [-0.15, -0.1) is 0 Å². The average molecular weight is 468 g/mol. The molecule has 2 aliphatic heterocycles. The van der Waals surface area contributed by atoms with Gasteiger partial charge in [0.15, 0.2) is 11.5 Å². The summed E-state index contributed by atoms with van der Waals surface area (Å²) in [5.41, 5.74) is 1.27. The lowest BCUT2D eigenvalue weighted by Crippen LogP contribution is -2.58. The molecule has 1 unspecified atom stereocenters. The smallest absolute Gasteiger partial charge is 0.251 e. The van der Waals surface area contributed by atoms with Crippen LogP contribution in [0, 0.1) is 0 Å². The normalized spacial score (nSPS) is 21.9. The van der Waals surface area contributed by atoms with E-state index < -0.39 is 0 Å². The van der Waals surface area contributed by atoms with E-state index in [4.69, 9.17) is 14.2 Å². The minimum Gasteiger partial charge on any atom is -0.493 e. The third-order valence-electron chi connectivity index (χ3n) is 6.77. The Labute approximate surface area is 200 Å². The van der Waals surface area contributed by atoms with Crippen molar-refractivity contribution in [1.29, 1.82) is 0 Å². The number of hydrogen-bond acceptors (Lipinski definition) is 6. The molecule has 8 heteroatoms. The van der Waals surface area contributed by atoms with Crippen LogP contribution in [-0.4, -0.2) is 62.7 Å². The highest BCUT2D eigenvalue weighted by atomic mass is 16.5. The maximum absolute atomic E-state index is 13.1. The highest BCUT2D eigenvalue weighted by Crippen LogP contribution is 2.38.